The third-order valence-corrected chi connectivity index (χ3v) is 5.08. The Kier molecular flexibility index (Phi) is 6.17. The van der Waals surface area contributed by atoms with Crippen LogP contribution in [-0.4, -0.2) is 29.4 Å². The molecule has 0 spiro atoms. The molecular weight excluding hydrogens is 430 g/mol. The van der Waals surface area contributed by atoms with Gasteiger partial charge in [0.15, 0.2) is 0 Å². The van der Waals surface area contributed by atoms with Crippen LogP contribution in [0.5, 0.6) is 5.75 Å². The monoisotopic (exact) mass is 446 g/mol. The number of thioether (sulfide) groups is 1. The molecule has 2 aromatic heterocycles. The van der Waals surface area contributed by atoms with Gasteiger partial charge in [-0.1, -0.05) is 30.0 Å². The van der Waals surface area contributed by atoms with E-state index in [1.165, 1.54) is 23.9 Å². The van der Waals surface area contributed by atoms with E-state index in [0.29, 0.717) is 22.5 Å². The molecular formula is C21H16F2N2O5S. The number of para-hydroxylation sites is 1. The van der Waals surface area contributed by atoms with Gasteiger partial charge in [-0.3, -0.25) is 0 Å². The van der Waals surface area contributed by atoms with E-state index in [1.807, 2.05) is 18.2 Å². The van der Waals surface area contributed by atoms with Gasteiger partial charge in [-0.25, -0.2) is 4.79 Å². The third-order valence-electron chi connectivity index (χ3n) is 4.23. The van der Waals surface area contributed by atoms with Gasteiger partial charge in [-0.15, -0.1) is 10.2 Å². The molecule has 10 heteroatoms. The van der Waals surface area contributed by atoms with Crippen molar-refractivity contribution in [2.75, 3.05) is 6.61 Å². The summed E-state index contributed by atoms with van der Waals surface area (Å²) in [5, 5.41) is 9.07. The van der Waals surface area contributed by atoms with E-state index in [4.69, 9.17) is 13.6 Å². The first kappa shape index (κ1) is 20.9. The van der Waals surface area contributed by atoms with E-state index < -0.39 is 12.6 Å². The summed E-state index contributed by atoms with van der Waals surface area (Å²) < 4.78 is 45.3. The van der Waals surface area contributed by atoms with Gasteiger partial charge in [0, 0.05) is 22.3 Å². The molecule has 4 aromatic rings. The fourth-order valence-electron chi connectivity index (χ4n) is 2.90. The molecule has 0 atom stereocenters. The Labute approximate surface area is 179 Å². The topological polar surface area (TPSA) is 87.6 Å². The Morgan fingerprint density at radius 1 is 1.10 bits per heavy atom. The standard InChI is InChI=1S/C21H16F2N2O5S/c1-2-27-19(26)17-15(14-5-3-4-6-16(14)29-17)11-31-21-25-24-18(30-21)12-7-9-13(10-8-12)28-20(22)23/h3-10,20H,2,11H2,1H3. The number of hydrogen-bond acceptors (Lipinski definition) is 8. The smallest absolute Gasteiger partial charge is 0.387 e. The summed E-state index contributed by atoms with van der Waals surface area (Å²) in [6, 6.07) is 13.2. The first-order valence-corrected chi connectivity index (χ1v) is 10.2. The molecule has 0 aliphatic heterocycles. The van der Waals surface area contributed by atoms with Gasteiger partial charge >= 0.3 is 12.6 Å². The van der Waals surface area contributed by atoms with Gasteiger partial charge in [0.05, 0.1) is 6.61 Å². The largest absolute Gasteiger partial charge is 0.460 e. The predicted octanol–water partition coefficient (Wildman–Crippen LogP) is 5.55. The van der Waals surface area contributed by atoms with E-state index in [2.05, 4.69) is 14.9 Å². The lowest BCUT2D eigenvalue weighted by Crippen LogP contribution is -2.05. The number of furan rings is 1. The molecule has 2 aromatic carbocycles. The maximum atomic E-state index is 12.3. The van der Waals surface area contributed by atoms with E-state index in [-0.39, 0.29) is 29.2 Å². The summed E-state index contributed by atoms with van der Waals surface area (Å²) >= 11 is 1.24. The van der Waals surface area contributed by atoms with Crippen molar-refractivity contribution in [3.8, 4) is 17.2 Å². The van der Waals surface area contributed by atoms with Crippen molar-refractivity contribution in [3.63, 3.8) is 0 Å². The molecule has 0 saturated carbocycles. The maximum Gasteiger partial charge on any atom is 0.387 e. The second-order valence-corrected chi connectivity index (χ2v) is 7.12. The number of halogens is 2. The fourth-order valence-corrected chi connectivity index (χ4v) is 3.69. The third kappa shape index (κ3) is 4.69. The van der Waals surface area contributed by atoms with E-state index in [9.17, 15) is 13.6 Å². The molecule has 0 radical (unpaired) electrons. The molecule has 0 fully saturated rings. The van der Waals surface area contributed by atoms with E-state index in [1.54, 1.807) is 25.1 Å². The molecule has 7 nitrogen and oxygen atoms in total. The lowest BCUT2D eigenvalue weighted by molar-refractivity contribution is -0.0498. The normalized spacial score (nSPS) is 11.2. The van der Waals surface area contributed by atoms with Crippen molar-refractivity contribution in [1.29, 1.82) is 0 Å². The number of carbonyl (C=O) groups excluding carboxylic acids is 1. The summed E-state index contributed by atoms with van der Waals surface area (Å²) in [4.78, 5) is 12.3. The number of hydrogen-bond donors (Lipinski definition) is 0. The van der Waals surface area contributed by atoms with Crippen LogP contribution in [0.4, 0.5) is 8.78 Å². The number of esters is 1. The molecule has 0 amide bonds. The molecule has 2 heterocycles. The van der Waals surface area contributed by atoms with Crippen LogP contribution >= 0.6 is 11.8 Å². The second-order valence-electron chi connectivity index (χ2n) is 6.19. The van der Waals surface area contributed by atoms with Crippen LogP contribution in [0.3, 0.4) is 0 Å². The number of fused-ring (bicyclic) bond motifs is 1. The predicted molar refractivity (Wildman–Crippen MR) is 108 cm³/mol. The lowest BCUT2D eigenvalue weighted by atomic mass is 10.1. The SMILES string of the molecule is CCOC(=O)c1oc2ccccc2c1CSc1nnc(-c2ccc(OC(F)F)cc2)o1. The molecule has 160 valence electrons. The molecule has 0 aliphatic rings. The van der Waals surface area contributed by atoms with Crippen molar-refractivity contribution in [3.05, 3.63) is 59.9 Å². The molecule has 0 N–H and O–H groups in total. The fraction of sp³-hybridized carbons (Fsp3) is 0.190. The Bertz CT molecular complexity index is 1190. The maximum absolute atomic E-state index is 12.3. The lowest BCUT2D eigenvalue weighted by Gasteiger charge is -2.03. The van der Waals surface area contributed by atoms with Gasteiger partial charge < -0.3 is 18.3 Å². The highest BCUT2D eigenvalue weighted by atomic mass is 32.2. The average Bonchev–Trinajstić information content (AvgIpc) is 3.37. The minimum absolute atomic E-state index is 0.0335. The highest BCUT2D eigenvalue weighted by Crippen LogP contribution is 2.33. The van der Waals surface area contributed by atoms with Gasteiger partial charge in [0.25, 0.3) is 5.22 Å². The van der Waals surface area contributed by atoms with Crippen LogP contribution < -0.4 is 4.74 Å². The summed E-state index contributed by atoms with van der Waals surface area (Å²) in [6.45, 7) is -0.937. The highest BCUT2D eigenvalue weighted by Gasteiger charge is 2.22. The average molecular weight is 446 g/mol. The Morgan fingerprint density at radius 3 is 2.61 bits per heavy atom. The first-order chi connectivity index (χ1) is 15.0. The Morgan fingerprint density at radius 2 is 1.87 bits per heavy atom. The van der Waals surface area contributed by atoms with Crippen LogP contribution in [0.15, 0.2) is 62.6 Å². The van der Waals surface area contributed by atoms with Crippen molar-refractivity contribution >= 4 is 28.7 Å². The Hall–Kier alpha value is -3.40. The summed E-state index contributed by atoms with van der Waals surface area (Å²) in [7, 11) is 0. The number of aromatic nitrogens is 2. The first-order valence-electron chi connectivity index (χ1n) is 9.24. The number of ether oxygens (including phenoxy) is 2. The van der Waals surface area contributed by atoms with Gasteiger partial charge in [-0.2, -0.15) is 8.78 Å². The molecule has 4 rings (SSSR count). The summed E-state index contributed by atoms with van der Waals surface area (Å²) in [6.07, 6.45) is 0. The zero-order valence-corrected chi connectivity index (χ0v) is 17.0. The van der Waals surface area contributed by atoms with Gasteiger partial charge in [0.1, 0.15) is 11.3 Å². The van der Waals surface area contributed by atoms with Crippen LogP contribution in [0.2, 0.25) is 0 Å². The summed E-state index contributed by atoms with van der Waals surface area (Å²) in [5.74, 6) is 0.213. The zero-order valence-electron chi connectivity index (χ0n) is 16.2. The van der Waals surface area contributed by atoms with E-state index >= 15 is 0 Å². The minimum Gasteiger partial charge on any atom is -0.460 e. The number of carbonyl (C=O) groups is 1. The molecule has 31 heavy (non-hydrogen) atoms. The minimum atomic E-state index is -2.89. The number of alkyl halides is 2. The van der Waals surface area contributed by atoms with Crippen molar-refractivity contribution in [2.45, 2.75) is 24.5 Å². The van der Waals surface area contributed by atoms with Crippen molar-refractivity contribution in [2.24, 2.45) is 0 Å². The van der Waals surface area contributed by atoms with Gasteiger partial charge in [-0.05, 0) is 37.3 Å². The van der Waals surface area contributed by atoms with Crippen molar-refractivity contribution < 1.29 is 31.9 Å². The van der Waals surface area contributed by atoms with E-state index in [0.717, 1.165) is 5.39 Å². The second kappa shape index (κ2) is 9.17. The molecule has 0 unspecified atom stereocenters. The molecule has 0 bridgehead atoms. The molecule has 0 saturated heterocycles. The molecule has 0 aliphatic carbocycles. The summed E-state index contributed by atoms with van der Waals surface area (Å²) in [5.41, 5.74) is 1.81. The quantitative estimate of drug-likeness (QED) is 0.257. The van der Waals surface area contributed by atoms with Crippen LogP contribution in [-0.2, 0) is 10.5 Å². The van der Waals surface area contributed by atoms with Crippen LogP contribution in [0.1, 0.15) is 23.0 Å². The van der Waals surface area contributed by atoms with Crippen LogP contribution in [0, 0.1) is 0 Å². The highest BCUT2D eigenvalue weighted by molar-refractivity contribution is 7.98. The van der Waals surface area contributed by atoms with Gasteiger partial charge in [0.2, 0.25) is 11.7 Å². The Balaban J connectivity index is 1.52. The number of rotatable bonds is 8. The van der Waals surface area contributed by atoms with Crippen molar-refractivity contribution in [1.82, 2.24) is 10.2 Å². The number of benzene rings is 2. The number of nitrogens with zero attached hydrogens (tertiary/aromatic N) is 2. The zero-order chi connectivity index (χ0) is 21.8. The van der Waals surface area contributed by atoms with Crippen LogP contribution in [0.25, 0.3) is 22.4 Å².